The maximum Gasteiger partial charge on any atom is 0.0522 e. The van der Waals surface area contributed by atoms with Crippen LogP contribution in [-0.2, 0) is 0 Å². The number of rotatable bonds is 0. The van der Waals surface area contributed by atoms with E-state index in [2.05, 4.69) is 15.1 Å². The predicted molar refractivity (Wildman–Crippen MR) is 38.4 cm³/mol. The van der Waals surface area contributed by atoms with Crippen molar-refractivity contribution < 1.29 is 0 Å². The third-order valence-corrected chi connectivity index (χ3v) is 3.05. The summed E-state index contributed by atoms with van der Waals surface area (Å²) in [5, 5.41) is 3.44. The summed E-state index contributed by atoms with van der Waals surface area (Å²) in [5.74, 6) is 0.933. The fourth-order valence-corrected chi connectivity index (χ4v) is 2.59. The molecule has 10 heavy (non-hydrogen) atoms. The van der Waals surface area contributed by atoms with E-state index in [0.29, 0.717) is 0 Å². The molecule has 1 N–H and O–H groups in total. The lowest BCUT2D eigenvalue weighted by atomic mass is 10.0. The van der Waals surface area contributed by atoms with Crippen molar-refractivity contribution in [2.24, 2.45) is 5.92 Å². The van der Waals surface area contributed by atoms with Crippen LogP contribution < -0.4 is 5.32 Å². The number of nitrogens with one attached hydrogen (secondary N) is 1. The third kappa shape index (κ3) is 0.557. The topological polar surface area (TPSA) is 18.5 Å². The van der Waals surface area contributed by atoms with Crippen molar-refractivity contribution in [3.63, 3.8) is 0 Å². The van der Waals surface area contributed by atoms with E-state index in [1.54, 1.807) is 0 Å². The second-order valence-electron chi connectivity index (χ2n) is 3.71. The van der Waals surface area contributed by atoms with E-state index in [1.165, 1.54) is 26.3 Å². The minimum atomic E-state index is 0.904. The van der Waals surface area contributed by atoms with Gasteiger partial charge in [-0.05, 0) is 0 Å². The number of hydrogen-bond donors (Lipinski definition) is 1. The van der Waals surface area contributed by atoms with E-state index in [1.807, 2.05) is 0 Å². The van der Waals surface area contributed by atoms with Crippen LogP contribution >= 0.6 is 0 Å². The van der Waals surface area contributed by atoms with Crippen LogP contribution in [0.4, 0.5) is 0 Å². The zero-order valence-electron chi connectivity index (χ0n) is 6.08. The summed E-state index contributed by atoms with van der Waals surface area (Å²) in [5.41, 5.74) is 0. The van der Waals surface area contributed by atoms with E-state index >= 15 is 0 Å². The van der Waals surface area contributed by atoms with Crippen molar-refractivity contribution >= 4 is 0 Å². The first kappa shape index (κ1) is 5.52. The zero-order chi connectivity index (χ0) is 6.55. The predicted octanol–water partition coefficient (Wildman–Crippen LogP) is -0.879. The molecule has 0 aliphatic carbocycles. The Kier molecular flexibility index (Phi) is 0.952. The van der Waals surface area contributed by atoms with Gasteiger partial charge >= 0.3 is 0 Å². The molecule has 56 valence electrons. The van der Waals surface area contributed by atoms with Gasteiger partial charge in [0.25, 0.3) is 0 Å². The van der Waals surface area contributed by atoms with Crippen molar-refractivity contribution in [2.75, 3.05) is 33.0 Å². The lowest BCUT2D eigenvalue weighted by molar-refractivity contribution is 0.0815. The Morgan fingerprint density at radius 3 is 3.00 bits per heavy atom. The van der Waals surface area contributed by atoms with Crippen molar-refractivity contribution in [1.82, 2.24) is 15.1 Å². The molecular weight excluding hydrogens is 126 g/mol. The third-order valence-electron chi connectivity index (χ3n) is 3.05. The molecule has 3 aliphatic heterocycles. The van der Waals surface area contributed by atoms with Gasteiger partial charge < -0.3 is 5.32 Å². The van der Waals surface area contributed by atoms with Crippen LogP contribution in [0.2, 0.25) is 0 Å². The molecule has 3 rings (SSSR count). The largest absolute Gasteiger partial charge is 0.304 e. The van der Waals surface area contributed by atoms with Crippen LogP contribution in [0.1, 0.15) is 0 Å². The molecule has 3 saturated heterocycles. The second kappa shape index (κ2) is 1.72. The van der Waals surface area contributed by atoms with E-state index < -0.39 is 0 Å². The first-order chi connectivity index (χ1) is 4.93. The molecule has 0 spiro atoms. The monoisotopic (exact) mass is 139 g/mol. The molecule has 0 saturated carbocycles. The molecule has 0 amide bonds. The molecule has 3 heteroatoms. The van der Waals surface area contributed by atoms with Gasteiger partial charge in [0.15, 0.2) is 0 Å². The molecule has 3 atom stereocenters. The lowest BCUT2D eigenvalue weighted by Crippen LogP contribution is -2.54. The van der Waals surface area contributed by atoms with Crippen LogP contribution in [0.5, 0.6) is 0 Å². The molecule has 3 unspecified atom stereocenters. The maximum atomic E-state index is 3.44. The SMILES string of the molecule is C1NCN2CN3CC1C2C3. The minimum Gasteiger partial charge on any atom is -0.304 e. The van der Waals surface area contributed by atoms with Crippen LogP contribution in [0, 0.1) is 5.92 Å². The average Bonchev–Trinajstić information content (AvgIpc) is 2.40. The summed E-state index contributed by atoms with van der Waals surface area (Å²) in [7, 11) is 0. The molecule has 0 aromatic rings. The Balaban J connectivity index is 1.91. The zero-order valence-corrected chi connectivity index (χ0v) is 6.08. The van der Waals surface area contributed by atoms with E-state index in [4.69, 9.17) is 0 Å². The molecular formula is C7H13N3. The summed E-state index contributed by atoms with van der Waals surface area (Å²) in [6, 6.07) is 0.904. The van der Waals surface area contributed by atoms with E-state index in [0.717, 1.165) is 18.6 Å². The van der Waals surface area contributed by atoms with Crippen molar-refractivity contribution in [2.45, 2.75) is 6.04 Å². The van der Waals surface area contributed by atoms with Gasteiger partial charge in [-0.15, -0.1) is 0 Å². The number of hydrogen-bond acceptors (Lipinski definition) is 3. The fourth-order valence-electron chi connectivity index (χ4n) is 2.59. The van der Waals surface area contributed by atoms with Gasteiger partial charge in [0.2, 0.25) is 0 Å². The summed E-state index contributed by atoms with van der Waals surface area (Å²) in [6.45, 7) is 6.27. The molecule has 3 fully saturated rings. The highest BCUT2D eigenvalue weighted by molar-refractivity contribution is 4.99. The Hall–Kier alpha value is -0.120. The summed E-state index contributed by atoms with van der Waals surface area (Å²) < 4.78 is 0. The normalized spacial score (nSPS) is 52.2. The Morgan fingerprint density at radius 2 is 2.30 bits per heavy atom. The molecule has 0 aromatic heterocycles. The first-order valence-electron chi connectivity index (χ1n) is 4.10. The van der Waals surface area contributed by atoms with Gasteiger partial charge in [-0.25, -0.2) is 0 Å². The highest BCUT2D eigenvalue weighted by atomic mass is 15.5. The maximum absolute atomic E-state index is 3.44. The van der Waals surface area contributed by atoms with Crippen molar-refractivity contribution in [1.29, 1.82) is 0 Å². The number of fused-ring (bicyclic) bond motifs is 1. The lowest BCUT2D eigenvalue weighted by Gasteiger charge is -2.38. The molecule has 2 bridgehead atoms. The Morgan fingerprint density at radius 1 is 1.30 bits per heavy atom. The van der Waals surface area contributed by atoms with Crippen molar-refractivity contribution in [3.8, 4) is 0 Å². The Bertz CT molecular complexity index is 142. The minimum absolute atomic E-state index is 0.904. The molecule has 0 radical (unpaired) electrons. The van der Waals surface area contributed by atoms with E-state index in [9.17, 15) is 0 Å². The van der Waals surface area contributed by atoms with E-state index in [-0.39, 0.29) is 0 Å². The highest BCUT2D eigenvalue weighted by Crippen LogP contribution is 2.30. The highest BCUT2D eigenvalue weighted by Gasteiger charge is 2.44. The molecule has 3 heterocycles. The van der Waals surface area contributed by atoms with Gasteiger partial charge in [0, 0.05) is 38.3 Å². The van der Waals surface area contributed by atoms with Gasteiger partial charge in [0.05, 0.1) is 6.67 Å². The van der Waals surface area contributed by atoms with Gasteiger partial charge in [-0.2, -0.15) is 0 Å². The smallest absolute Gasteiger partial charge is 0.0522 e. The average molecular weight is 139 g/mol. The number of nitrogens with zero attached hydrogens (tertiary/aromatic N) is 2. The van der Waals surface area contributed by atoms with Crippen molar-refractivity contribution in [3.05, 3.63) is 0 Å². The van der Waals surface area contributed by atoms with Crippen LogP contribution in [0.15, 0.2) is 0 Å². The fraction of sp³-hybridized carbons (Fsp3) is 1.00. The van der Waals surface area contributed by atoms with Crippen LogP contribution in [0.25, 0.3) is 0 Å². The van der Waals surface area contributed by atoms with Gasteiger partial charge in [-0.3, -0.25) is 9.80 Å². The summed E-state index contributed by atoms with van der Waals surface area (Å²) >= 11 is 0. The molecule has 3 aliphatic rings. The van der Waals surface area contributed by atoms with Crippen LogP contribution in [0.3, 0.4) is 0 Å². The standard InChI is InChI=1S/C7H13N3/c1-6-2-9-3-7(6)10(5-9)4-8-1/h6-8H,1-5H2. The second-order valence-corrected chi connectivity index (χ2v) is 3.71. The first-order valence-corrected chi connectivity index (χ1v) is 4.10. The van der Waals surface area contributed by atoms with Crippen LogP contribution in [-0.4, -0.2) is 48.8 Å². The van der Waals surface area contributed by atoms with Gasteiger partial charge in [0.1, 0.15) is 0 Å². The molecule has 3 nitrogen and oxygen atoms in total. The quantitative estimate of drug-likeness (QED) is 0.470. The Labute approximate surface area is 61.0 Å². The summed E-state index contributed by atoms with van der Waals surface area (Å²) in [6.07, 6.45) is 0. The summed E-state index contributed by atoms with van der Waals surface area (Å²) in [4.78, 5) is 5.12. The van der Waals surface area contributed by atoms with Gasteiger partial charge in [-0.1, -0.05) is 0 Å². The molecule has 0 aromatic carbocycles.